The van der Waals surface area contributed by atoms with E-state index in [0.717, 1.165) is 0 Å². The van der Waals surface area contributed by atoms with Crippen molar-refractivity contribution in [2.24, 2.45) is 5.73 Å². The molecule has 0 aliphatic carbocycles. The van der Waals surface area contributed by atoms with Gasteiger partial charge < -0.3 is 15.6 Å². The van der Waals surface area contributed by atoms with Crippen molar-refractivity contribution in [2.75, 3.05) is 6.54 Å². The zero-order valence-electron chi connectivity index (χ0n) is 5.91. The minimum absolute atomic E-state index is 0.153. The summed E-state index contributed by atoms with van der Waals surface area (Å²) in [4.78, 5) is 10.2. The molecule has 0 unspecified atom stereocenters. The van der Waals surface area contributed by atoms with Gasteiger partial charge in [0.25, 0.3) is 0 Å². The maximum absolute atomic E-state index is 10.2. The number of hydrogen-bond donors (Lipinski definition) is 2. The number of nitrogens with two attached hydrogens (primary N) is 1. The van der Waals surface area contributed by atoms with Crippen molar-refractivity contribution in [1.29, 1.82) is 0 Å². The van der Waals surface area contributed by atoms with Gasteiger partial charge in [-0.25, -0.2) is 0 Å². The minimum Gasteiger partial charge on any atom is -0.369 e. The second-order valence-corrected chi connectivity index (χ2v) is 2.05. The number of hydrogen-bond acceptors (Lipinski definition) is 4. The number of carbonyl (C=O) groups is 1. The Morgan fingerprint density at radius 1 is 1.82 bits per heavy atom. The fourth-order valence-electron chi connectivity index (χ4n) is 0.642. The predicted molar refractivity (Wildman–Crippen MR) is 37.4 cm³/mol. The molecule has 0 aliphatic rings. The summed E-state index contributed by atoms with van der Waals surface area (Å²) in [6, 6.07) is 1.72. The van der Waals surface area contributed by atoms with Crippen LogP contribution in [0.4, 0.5) is 0 Å². The van der Waals surface area contributed by atoms with Crippen LogP contribution in [0.15, 0.2) is 16.8 Å². The first kappa shape index (κ1) is 7.74. The fraction of sp³-hybridized carbons (Fsp3) is 0.333. The highest BCUT2D eigenvalue weighted by Crippen LogP contribution is 1.93. The van der Waals surface area contributed by atoms with Crippen molar-refractivity contribution in [3.8, 4) is 0 Å². The summed E-state index contributed by atoms with van der Waals surface area (Å²) in [5.74, 6) is 0.302. The normalized spacial score (nSPS) is 9.82. The van der Waals surface area contributed by atoms with Crippen LogP contribution >= 0.6 is 0 Å². The van der Waals surface area contributed by atoms with Gasteiger partial charge in [-0.05, 0) is 0 Å². The van der Waals surface area contributed by atoms with E-state index < -0.39 is 0 Å². The van der Waals surface area contributed by atoms with Gasteiger partial charge in [-0.1, -0.05) is 5.16 Å². The van der Waals surface area contributed by atoms with E-state index in [0.29, 0.717) is 12.3 Å². The Morgan fingerprint density at radius 2 is 2.64 bits per heavy atom. The summed E-state index contributed by atoms with van der Waals surface area (Å²) < 4.78 is 4.75. The number of amides is 1. The molecule has 11 heavy (non-hydrogen) atoms. The van der Waals surface area contributed by atoms with Crippen molar-refractivity contribution in [2.45, 2.75) is 6.54 Å². The lowest BCUT2D eigenvalue weighted by molar-refractivity contribution is -0.117. The molecular formula is C6H9N3O2. The average Bonchev–Trinajstić information content (AvgIpc) is 2.39. The lowest BCUT2D eigenvalue weighted by Crippen LogP contribution is -2.27. The first-order valence-corrected chi connectivity index (χ1v) is 3.17. The second-order valence-electron chi connectivity index (χ2n) is 2.05. The molecule has 5 nitrogen and oxygen atoms in total. The van der Waals surface area contributed by atoms with E-state index >= 15 is 0 Å². The molecule has 1 rings (SSSR count). The van der Waals surface area contributed by atoms with Crippen LogP contribution in [0.5, 0.6) is 0 Å². The molecule has 1 amide bonds. The fourth-order valence-corrected chi connectivity index (χ4v) is 0.642. The van der Waals surface area contributed by atoms with E-state index in [2.05, 4.69) is 10.5 Å². The van der Waals surface area contributed by atoms with E-state index in [1.807, 2.05) is 0 Å². The molecule has 0 aliphatic heterocycles. The summed E-state index contributed by atoms with van der Waals surface area (Å²) >= 11 is 0. The van der Waals surface area contributed by atoms with Gasteiger partial charge in [0.05, 0.1) is 19.3 Å². The smallest absolute Gasteiger partial charge is 0.231 e. The molecule has 60 valence electrons. The molecule has 0 fully saturated rings. The summed E-state index contributed by atoms with van der Waals surface area (Å²) in [5.41, 5.74) is 4.88. The topological polar surface area (TPSA) is 81.2 Å². The van der Waals surface area contributed by atoms with Gasteiger partial charge in [0, 0.05) is 6.07 Å². The molecule has 1 heterocycles. The van der Waals surface area contributed by atoms with Gasteiger partial charge in [0.15, 0.2) is 0 Å². The molecule has 0 aromatic carbocycles. The van der Waals surface area contributed by atoms with Gasteiger partial charge in [-0.2, -0.15) is 0 Å². The Kier molecular flexibility index (Phi) is 2.62. The highest BCUT2D eigenvalue weighted by atomic mass is 16.5. The molecule has 3 N–H and O–H groups in total. The van der Waals surface area contributed by atoms with Gasteiger partial charge in [-0.15, -0.1) is 0 Å². The standard InChI is InChI=1S/C6H9N3O2/c7-6(10)4-8-3-5-1-2-9-11-5/h1-2,8H,3-4H2,(H2,7,10). The Labute approximate surface area is 63.5 Å². The monoisotopic (exact) mass is 155 g/mol. The van der Waals surface area contributed by atoms with Crippen LogP contribution in [0.2, 0.25) is 0 Å². The molecule has 1 aromatic heterocycles. The number of nitrogens with one attached hydrogen (secondary N) is 1. The molecule has 0 saturated carbocycles. The molecule has 0 bridgehead atoms. The highest BCUT2D eigenvalue weighted by molar-refractivity contribution is 5.75. The van der Waals surface area contributed by atoms with Crippen LogP contribution in [-0.4, -0.2) is 17.6 Å². The van der Waals surface area contributed by atoms with E-state index in [9.17, 15) is 4.79 Å². The zero-order chi connectivity index (χ0) is 8.10. The first-order chi connectivity index (χ1) is 5.29. The molecule has 0 spiro atoms. The van der Waals surface area contributed by atoms with E-state index in [4.69, 9.17) is 10.3 Å². The van der Waals surface area contributed by atoms with E-state index in [1.54, 1.807) is 12.3 Å². The zero-order valence-corrected chi connectivity index (χ0v) is 5.91. The summed E-state index contributed by atoms with van der Waals surface area (Å²) in [6.45, 7) is 0.629. The third-order valence-corrected chi connectivity index (χ3v) is 1.09. The SMILES string of the molecule is NC(=O)CNCc1ccno1. The highest BCUT2D eigenvalue weighted by Gasteiger charge is 1.96. The Balaban J connectivity index is 2.19. The van der Waals surface area contributed by atoms with E-state index in [1.165, 1.54) is 0 Å². The minimum atomic E-state index is -0.385. The maximum atomic E-state index is 10.2. The molecule has 1 aromatic rings. The average molecular weight is 155 g/mol. The number of primary amides is 1. The van der Waals surface area contributed by atoms with Gasteiger partial charge >= 0.3 is 0 Å². The number of nitrogens with zero attached hydrogens (tertiary/aromatic N) is 1. The Morgan fingerprint density at radius 3 is 3.18 bits per heavy atom. The molecular weight excluding hydrogens is 146 g/mol. The van der Waals surface area contributed by atoms with Crippen LogP contribution in [0.3, 0.4) is 0 Å². The second kappa shape index (κ2) is 3.72. The maximum Gasteiger partial charge on any atom is 0.231 e. The van der Waals surface area contributed by atoms with Crippen LogP contribution in [0.1, 0.15) is 5.76 Å². The number of carbonyl (C=O) groups excluding carboxylic acids is 1. The predicted octanol–water partition coefficient (Wildman–Crippen LogP) is -0.751. The third-order valence-electron chi connectivity index (χ3n) is 1.09. The summed E-state index contributed by atoms with van der Waals surface area (Å²) in [5, 5.41) is 6.27. The van der Waals surface area contributed by atoms with Crippen LogP contribution in [-0.2, 0) is 11.3 Å². The van der Waals surface area contributed by atoms with Crippen molar-refractivity contribution >= 4 is 5.91 Å². The molecule has 5 heteroatoms. The van der Waals surface area contributed by atoms with Gasteiger partial charge in [0.2, 0.25) is 5.91 Å². The number of rotatable bonds is 4. The first-order valence-electron chi connectivity index (χ1n) is 3.17. The molecule has 0 radical (unpaired) electrons. The Hall–Kier alpha value is -1.36. The van der Waals surface area contributed by atoms with Gasteiger partial charge in [0.1, 0.15) is 5.76 Å². The summed E-state index contributed by atoms with van der Waals surface area (Å²) in [6.07, 6.45) is 1.54. The molecule has 0 saturated heterocycles. The van der Waals surface area contributed by atoms with Crippen LogP contribution in [0.25, 0.3) is 0 Å². The largest absolute Gasteiger partial charge is 0.369 e. The lowest BCUT2D eigenvalue weighted by atomic mass is 10.4. The van der Waals surface area contributed by atoms with Crippen molar-refractivity contribution < 1.29 is 9.32 Å². The van der Waals surface area contributed by atoms with Gasteiger partial charge in [-0.3, -0.25) is 4.79 Å². The summed E-state index contributed by atoms with van der Waals surface area (Å²) in [7, 11) is 0. The Bertz CT molecular complexity index is 220. The lowest BCUT2D eigenvalue weighted by Gasteiger charge is -1.95. The number of aromatic nitrogens is 1. The molecule has 0 atom stereocenters. The van der Waals surface area contributed by atoms with Crippen LogP contribution in [0, 0.1) is 0 Å². The van der Waals surface area contributed by atoms with Crippen molar-refractivity contribution in [1.82, 2.24) is 10.5 Å². The van der Waals surface area contributed by atoms with Crippen molar-refractivity contribution in [3.05, 3.63) is 18.0 Å². The van der Waals surface area contributed by atoms with Crippen LogP contribution < -0.4 is 11.1 Å². The third kappa shape index (κ3) is 2.81. The quantitative estimate of drug-likeness (QED) is 0.599. The van der Waals surface area contributed by atoms with Crippen molar-refractivity contribution in [3.63, 3.8) is 0 Å². The van der Waals surface area contributed by atoms with E-state index in [-0.39, 0.29) is 12.5 Å².